The van der Waals surface area contributed by atoms with Gasteiger partial charge in [-0.1, -0.05) is 31.9 Å². The summed E-state index contributed by atoms with van der Waals surface area (Å²) in [4.78, 5) is 2.37. The predicted molar refractivity (Wildman–Crippen MR) is 107 cm³/mol. The molecule has 4 rings (SSSR count). The van der Waals surface area contributed by atoms with Gasteiger partial charge in [-0.3, -0.25) is 0 Å². The number of aromatic nitrogens is 2. The van der Waals surface area contributed by atoms with Crippen LogP contribution in [0.5, 0.6) is 5.75 Å². The molecule has 5 nitrogen and oxygen atoms in total. The van der Waals surface area contributed by atoms with Crippen molar-refractivity contribution < 1.29 is 9.47 Å². The molecule has 5 heteroatoms. The van der Waals surface area contributed by atoms with Gasteiger partial charge in [0.05, 0.1) is 25.0 Å². The molecule has 2 heterocycles. The van der Waals surface area contributed by atoms with Crippen LogP contribution in [0.15, 0.2) is 36.4 Å². The maximum atomic E-state index is 6.38. The highest BCUT2D eigenvalue weighted by atomic mass is 16.5. The Morgan fingerprint density at radius 2 is 1.96 bits per heavy atom. The first-order valence-corrected chi connectivity index (χ1v) is 10.2. The Morgan fingerprint density at radius 1 is 1.11 bits per heavy atom. The van der Waals surface area contributed by atoms with Crippen LogP contribution in [0.4, 0.5) is 5.82 Å². The zero-order valence-electron chi connectivity index (χ0n) is 16.3. The van der Waals surface area contributed by atoms with Crippen LogP contribution >= 0.6 is 0 Å². The molecule has 2 aromatic rings. The Hall–Kier alpha value is -2.14. The molecule has 2 fully saturated rings. The number of anilines is 1. The van der Waals surface area contributed by atoms with Crippen molar-refractivity contribution in [1.29, 1.82) is 0 Å². The third kappa shape index (κ3) is 4.24. The van der Waals surface area contributed by atoms with E-state index >= 15 is 0 Å². The maximum absolute atomic E-state index is 6.38. The summed E-state index contributed by atoms with van der Waals surface area (Å²) in [6.07, 6.45) is 6.81. The van der Waals surface area contributed by atoms with Crippen molar-refractivity contribution in [3.63, 3.8) is 0 Å². The normalized spacial score (nSPS) is 22.7. The van der Waals surface area contributed by atoms with Crippen LogP contribution < -0.4 is 9.64 Å². The average molecular weight is 367 g/mol. The zero-order chi connectivity index (χ0) is 18.6. The largest absolute Gasteiger partial charge is 0.496 e. The molecule has 144 valence electrons. The molecule has 2 atom stereocenters. The number of hydrogen-bond donors (Lipinski definition) is 0. The Morgan fingerprint density at radius 3 is 2.67 bits per heavy atom. The molecule has 0 amide bonds. The molecule has 1 aliphatic heterocycles. The first-order valence-electron chi connectivity index (χ1n) is 10.2. The van der Waals surface area contributed by atoms with Crippen LogP contribution in [0.2, 0.25) is 0 Å². The van der Waals surface area contributed by atoms with Crippen molar-refractivity contribution in [2.75, 3.05) is 25.1 Å². The molecule has 1 saturated carbocycles. The first kappa shape index (κ1) is 18.2. The van der Waals surface area contributed by atoms with Gasteiger partial charge < -0.3 is 14.4 Å². The van der Waals surface area contributed by atoms with E-state index in [1.807, 2.05) is 30.3 Å². The minimum absolute atomic E-state index is 0.306. The number of morpholine rings is 1. The topological polar surface area (TPSA) is 47.5 Å². The van der Waals surface area contributed by atoms with Crippen molar-refractivity contribution in [3.8, 4) is 17.0 Å². The summed E-state index contributed by atoms with van der Waals surface area (Å²) in [5.74, 6) is 2.50. The summed E-state index contributed by atoms with van der Waals surface area (Å²) in [5.41, 5.74) is 1.81. The minimum Gasteiger partial charge on any atom is -0.496 e. The summed E-state index contributed by atoms with van der Waals surface area (Å²) in [6, 6.07) is 12.1. The van der Waals surface area contributed by atoms with E-state index < -0.39 is 0 Å². The Kier molecular flexibility index (Phi) is 5.58. The van der Waals surface area contributed by atoms with Gasteiger partial charge in [0.1, 0.15) is 5.75 Å². The van der Waals surface area contributed by atoms with Crippen LogP contribution in [0.25, 0.3) is 11.3 Å². The Balaban J connectivity index is 1.51. The lowest BCUT2D eigenvalue weighted by atomic mass is 10.1. The van der Waals surface area contributed by atoms with E-state index in [-0.39, 0.29) is 0 Å². The number of nitrogens with zero attached hydrogens (tertiary/aromatic N) is 3. The number of hydrogen-bond acceptors (Lipinski definition) is 5. The third-order valence-corrected chi connectivity index (χ3v) is 5.58. The van der Waals surface area contributed by atoms with Crippen molar-refractivity contribution in [3.05, 3.63) is 36.4 Å². The fourth-order valence-electron chi connectivity index (χ4n) is 3.87. The van der Waals surface area contributed by atoms with Crippen LogP contribution in [-0.2, 0) is 4.74 Å². The second kappa shape index (κ2) is 8.26. The van der Waals surface area contributed by atoms with E-state index in [4.69, 9.17) is 9.47 Å². The van der Waals surface area contributed by atoms with Gasteiger partial charge in [-0.25, -0.2) is 0 Å². The lowest BCUT2D eigenvalue weighted by Gasteiger charge is -2.39. The zero-order valence-corrected chi connectivity index (χ0v) is 16.3. The summed E-state index contributed by atoms with van der Waals surface area (Å²) in [5, 5.41) is 9.04. The summed E-state index contributed by atoms with van der Waals surface area (Å²) in [6.45, 7) is 4.07. The SMILES string of the molecule is CCCC[C@@H]1CN(c2ccc(-c3ccccc3OC)nn2)C[C@H](C2CC2)O1. The van der Waals surface area contributed by atoms with Crippen LogP contribution in [0.3, 0.4) is 0 Å². The Bertz CT molecular complexity index is 745. The highest BCUT2D eigenvalue weighted by molar-refractivity contribution is 5.67. The van der Waals surface area contributed by atoms with E-state index in [0.717, 1.165) is 48.3 Å². The van der Waals surface area contributed by atoms with Gasteiger partial charge in [-0.15, -0.1) is 10.2 Å². The lowest BCUT2D eigenvalue weighted by Crippen LogP contribution is -2.49. The quantitative estimate of drug-likeness (QED) is 0.729. The molecule has 1 saturated heterocycles. The van der Waals surface area contributed by atoms with E-state index in [1.54, 1.807) is 7.11 Å². The number of ether oxygens (including phenoxy) is 2. The van der Waals surface area contributed by atoms with Crippen molar-refractivity contribution in [2.45, 2.75) is 51.2 Å². The second-order valence-corrected chi connectivity index (χ2v) is 7.66. The first-order chi connectivity index (χ1) is 13.3. The number of unbranched alkanes of at least 4 members (excludes halogenated alkanes) is 1. The molecule has 1 aliphatic carbocycles. The number of rotatable bonds is 7. The molecule has 1 aromatic carbocycles. The van der Waals surface area contributed by atoms with Gasteiger partial charge in [0.15, 0.2) is 5.82 Å². The van der Waals surface area contributed by atoms with Gasteiger partial charge in [0, 0.05) is 18.7 Å². The van der Waals surface area contributed by atoms with Crippen molar-refractivity contribution >= 4 is 5.82 Å². The van der Waals surface area contributed by atoms with Gasteiger partial charge in [0.2, 0.25) is 0 Å². The summed E-state index contributed by atoms with van der Waals surface area (Å²) >= 11 is 0. The summed E-state index contributed by atoms with van der Waals surface area (Å²) in [7, 11) is 1.68. The standard InChI is InChI=1S/C22H29N3O2/c1-3-4-7-17-14-25(15-21(27-17)16-10-11-16)22-13-12-19(23-24-22)18-8-5-6-9-20(18)26-2/h5-6,8-9,12-13,16-17,21H,3-4,7,10-11,14-15H2,1-2H3/t17-,21-/m1/s1. The van der Waals surface area contributed by atoms with Gasteiger partial charge in [0.25, 0.3) is 0 Å². The lowest BCUT2D eigenvalue weighted by molar-refractivity contribution is -0.0412. The molecule has 0 bridgehead atoms. The molecule has 1 aromatic heterocycles. The molecule has 0 N–H and O–H groups in total. The molecule has 27 heavy (non-hydrogen) atoms. The third-order valence-electron chi connectivity index (χ3n) is 5.58. The van der Waals surface area contributed by atoms with Gasteiger partial charge in [-0.05, 0) is 49.4 Å². The van der Waals surface area contributed by atoms with E-state index in [1.165, 1.54) is 25.7 Å². The molecule has 0 unspecified atom stereocenters. The van der Waals surface area contributed by atoms with Gasteiger partial charge in [-0.2, -0.15) is 0 Å². The highest BCUT2D eigenvalue weighted by Gasteiger charge is 2.38. The number of methoxy groups -OCH3 is 1. The van der Waals surface area contributed by atoms with Gasteiger partial charge >= 0.3 is 0 Å². The van der Waals surface area contributed by atoms with E-state index in [0.29, 0.717) is 12.2 Å². The monoisotopic (exact) mass is 367 g/mol. The van der Waals surface area contributed by atoms with E-state index in [9.17, 15) is 0 Å². The smallest absolute Gasteiger partial charge is 0.151 e. The molecular weight excluding hydrogens is 338 g/mol. The summed E-state index contributed by atoms with van der Waals surface area (Å²) < 4.78 is 11.8. The fourth-order valence-corrected chi connectivity index (χ4v) is 3.87. The average Bonchev–Trinajstić information content (AvgIpc) is 3.57. The molecule has 0 radical (unpaired) electrons. The van der Waals surface area contributed by atoms with Crippen molar-refractivity contribution in [2.24, 2.45) is 5.92 Å². The fraction of sp³-hybridized carbons (Fsp3) is 0.545. The molecule has 2 aliphatic rings. The minimum atomic E-state index is 0.306. The second-order valence-electron chi connectivity index (χ2n) is 7.66. The van der Waals surface area contributed by atoms with E-state index in [2.05, 4.69) is 28.1 Å². The number of benzene rings is 1. The molecule has 0 spiro atoms. The predicted octanol–water partition coefficient (Wildman–Crippen LogP) is 4.33. The Labute approximate surface area is 161 Å². The maximum Gasteiger partial charge on any atom is 0.151 e. The number of para-hydroxylation sites is 1. The molecular formula is C22H29N3O2. The van der Waals surface area contributed by atoms with Crippen LogP contribution in [0, 0.1) is 5.92 Å². The van der Waals surface area contributed by atoms with Crippen LogP contribution in [-0.4, -0.2) is 42.6 Å². The highest BCUT2D eigenvalue weighted by Crippen LogP contribution is 2.38. The van der Waals surface area contributed by atoms with Crippen molar-refractivity contribution in [1.82, 2.24) is 10.2 Å². The van der Waals surface area contributed by atoms with Crippen LogP contribution in [0.1, 0.15) is 39.0 Å².